The van der Waals surface area contributed by atoms with Gasteiger partial charge in [0.1, 0.15) is 0 Å². The van der Waals surface area contributed by atoms with Crippen LogP contribution in [0.1, 0.15) is 51.0 Å². The van der Waals surface area contributed by atoms with Crippen LogP contribution in [0.5, 0.6) is 0 Å². The van der Waals surface area contributed by atoms with E-state index in [9.17, 15) is 4.79 Å². The van der Waals surface area contributed by atoms with Gasteiger partial charge in [0.15, 0.2) is 5.82 Å². The summed E-state index contributed by atoms with van der Waals surface area (Å²) in [6, 6.07) is 0.414. The number of nitrogens with zero attached hydrogens (tertiary/aromatic N) is 2. The Morgan fingerprint density at radius 1 is 1.37 bits per heavy atom. The van der Waals surface area contributed by atoms with Gasteiger partial charge < -0.3 is 9.88 Å². The molecule has 2 aliphatic carbocycles. The second kappa shape index (κ2) is 5.59. The van der Waals surface area contributed by atoms with Gasteiger partial charge in [0, 0.05) is 25.0 Å². The van der Waals surface area contributed by atoms with Crippen molar-refractivity contribution < 1.29 is 0 Å². The Hall–Kier alpha value is -1.58. The molecule has 3 rings (SSSR count). The Bertz CT molecular complexity index is 528. The minimum atomic E-state index is 0.0302. The topological polar surface area (TPSA) is 46.9 Å². The van der Waals surface area contributed by atoms with E-state index in [1.165, 1.54) is 31.3 Å². The van der Waals surface area contributed by atoms with Gasteiger partial charge in [-0.05, 0) is 44.9 Å². The van der Waals surface area contributed by atoms with E-state index in [0.29, 0.717) is 11.9 Å². The van der Waals surface area contributed by atoms with Gasteiger partial charge in [-0.25, -0.2) is 4.98 Å². The Balaban J connectivity index is 1.59. The molecule has 0 unspecified atom stereocenters. The SMILES string of the molecule is O=c1c(NCCC2=CCCCC2)nccn1C1CC1. The van der Waals surface area contributed by atoms with Crippen LogP contribution in [-0.4, -0.2) is 16.1 Å². The molecule has 1 saturated carbocycles. The van der Waals surface area contributed by atoms with Crippen LogP contribution in [-0.2, 0) is 0 Å². The van der Waals surface area contributed by atoms with Crippen LogP contribution in [0.4, 0.5) is 5.82 Å². The van der Waals surface area contributed by atoms with Gasteiger partial charge in [-0.3, -0.25) is 4.79 Å². The molecule has 1 aromatic heterocycles. The summed E-state index contributed by atoms with van der Waals surface area (Å²) in [6.45, 7) is 0.808. The van der Waals surface area contributed by atoms with Crippen molar-refractivity contribution in [2.75, 3.05) is 11.9 Å². The van der Waals surface area contributed by atoms with Crippen molar-refractivity contribution in [3.8, 4) is 0 Å². The fourth-order valence-corrected chi connectivity index (χ4v) is 2.66. The predicted octanol–water partition coefficient (Wildman–Crippen LogP) is 2.88. The maximum atomic E-state index is 12.2. The van der Waals surface area contributed by atoms with Gasteiger partial charge in [-0.2, -0.15) is 0 Å². The zero-order valence-electron chi connectivity index (χ0n) is 11.3. The van der Waals surface area contributed by atoms with E-state index in [2.05, 4.69) is 16.4 Å². The van der Waals surface area contributed by atoms with Crippen LogP contribution >= 0.6 is 0 Å². The number of hydrogen-bond acceptors (Lipinski definition) is 3. The van der Waals surface area contributed by atoms with E-state index in [1.54, 1.807) is 12.4 Å². The Morgan fingerprint density at radius 3 is 3.00 bits per heavy atom. The first kappa shape index (κ1) is 12.5. The normalized spacial score (nSPS) is 19.1. The monoisotopic (exact) mass is 259 g/mol. The third-order valence-corrected chi connectivity index (χ3v) is 3.93. The summed E-state index contributed by atoms with van der Waals surface area (Å²) in [4.78, 5) is 16.3. The first-order valence-electron chi connectivity index (χ1n) is 7.33. The van der Waals surface area contributed by atoms with E-state index < -0.39 is 0 Å². The average molecular weight is 259 g/mol. The maximum Gasteiger partial charge on any atom is 0.293 e. The molecular formula is C15H21N3O. The second-order valence-electron chi connectivity index (χ2n) is 5.50. The van der Waals surface area contributed by atoms with Gasteiger partial charge in [0.05, 0.1) is 0 Å². The van der Waals surface area contributed by atoms with Gasteiger partial charge in [0.2, 0.25) is 0 Å². The zero-order valence-corrected chi connectivity index (χ0v) is 11.3. The molecule has 4 heteroatoms. The fraction of sp³-hybridized carbons (Fsp3) is 0.600. The number of allylic oxidation sites excluding steroid dienone is 1. The summed E-state index contributed by atoms with van der Waals surface area (Å²) >= 11 is 0. The smallest absolute Gasteiger partial charge is 0.293 e. The Labute approximate surface area is 113 Å². The maximum absolute atomic E-state index is 12.2. The molecule has 0 aromatic carbocycles. The highest BCUT2D eigenvalue weighted by Gasteiger charge is 2.25. The van der Waals surface area contributed by atoms with Crippen molar-refractivity contribution in [2.24, 2.45) is 0 Å². The van der Waals surface area contributed by atoms with Crippen LogP contribution in [0.15, 0.2) is 28.8 Å². The van der Waals surface area contributed by atoms with Crippen LogP contribution in [0.25, 0.3) is 0 Å². The van der Waals surface area contributed by atoms with Crippen LogP contribution in [0.2, 0.25) is 0 Å². The van der Waals surface area contributed by atoms with Crippen molar-refractivity contribution >= 4 is 5.82 Å². The highest BCUT2D eigenvalue weighted by molar-refractivity contribution is 5.31. The average Bonchev–Trinajstić information content (AvgIpc) is 3.26. The van der Waals surface area contributed by atoms with Gasteiger partial charge in [0.25, 0.3) is 5.56 Å². The van der Waals surface area contributed by atoms with Gasteiger partial charge in [-0.15, -0.1) is 0 Å². The summed E-state index contributed by atoms with van der Waals surface area (Å²) in [5.41, 5.74) is 1.56. The van der Waals surface area contributed by atoms with E-state index >= 15 is 0 Å². The number of nitrogens with one attached hydrogen (secondary N) is 1. The highest BCUT2D eigenvalue weighted by Crippen LogP contribution is 2.33. The lowest BCUT2D eigenvalue weighted by atomic mass is 9.97. The standard InChI is InChI=1S/C15H21N3O/c19-15-14(17-10-11-18(15)13-6-7-13)16-9-8-12-4-2-1-3-5-12/h4,10-11,13H,1-3,5-9H2,(H,16,17). The Kier molecular flexibility index (Phi) is 3.67. The minimum Gasteiger partial charge on any atom is -0.365 e. The highest BCUT2D eigenvalue weighted by atomic mass is 16.1. The molecule has 0 spiro atoms. The van der Waals surface area contributed by atoms with E-state index in [1.807, 2.05) is 4.57 Å². The van der Waals surface area contributed by atoms with Crippen molar-refractivity contribution in [1.29, 1.82) is 0 Å². The van der Waals surface area contributed by atoms with Gasteiger partial charge in [-0.1, -0.05) is 11.6 Å². The molecule has 1 N–H and O–H groups in total. The summed E-state index contributed by atoms with van der Waals surface area (Å²) in [5, 5.41) is 3.20. The van der Waals surface area contributed by atoms with Gasteiger partial charge >= 0.3 is 0 Å². The molecule has 0 atom stereocenters. The third-order valence-electron chi connectivity index (χ3n) is 3.93. The number of anilines is 1. The molecular weight excluding hydrogens is 238 g/mol. The van der Waals surface area contributed by atoms with E-state index in [4.69, 9.17) is 0 Å². The second-order valence-corrected chi connectivity index (χ2v) is 5.50. The zero-order chi connectivity index (χ0) is 13.1. The molecule has 4 nitrogen and oxygen atoms in total. The molecule has 0 amide bonds. The predicted molar refractivity (Wildman–Crippen MR) is 76.4 cm³/mol. The number of rotatable bonds is 5. The van der Waals surface area contributed by atoms with Crippen molar-refractivity contribution in [3.05, 3.63) is 34.4 Å². The molecule has 2 aliphatic rings. The molecule has 0 radical (unpaired) electrons. The molecule has 0 aliphatic heterocycles. The van der Waals surface area contributed by atoms with Crippen LogP contribution in [0.3, 0.4) is 0 Å². The lowest BCUT2D eigenvalue weighted by Gasteiger charge is -2.13. The summed E-state index contributed by atoms with van der Waals surface area (Å²) < 4.78 is 1.81. The van der Waals surface area contributed by atoms with E-state index in [0.717, 1.165) is 25.8 Å². The summed E-state index contributed by atoms with van der Waals surface area (Å²) in [5.74, 6) is 0.505. The lowest BCUT2D eigenvalue weighted by Crippen LogP contribution is -2.24. The van der Waals surface area contributed by atoms with Crippen molar-refractivity contribution in [2.45, 2.75) is 51.0 Å². The minimum absolute atomic E-state index is 0.0302. The lowest BCUT2D eigenvalue weighted by molar-refractivity contribution is 0.677. The summed E-state index contributed by atoms with van der Waals surface area (Å²) in [7, 11) is 0. The quantitative estimate of drug-likeness (QED) is 0.827. The molecule has 0 saturated heterocycles. The third kappa shape index (κ3) is 3.06. The fourth-order valence-electron chi connectivity index (χ4n) is 2.66. The van der Waals surface area contributed by atoms with E-state index in [-0.39, 0.29) is 5.56 Å². The van der Waals surface area contributed by atoms with Crippen molar-refractivity contribution in [3.63, 3.8) is 0 Å². The molecule has 1 heterocycles. The van der Waals surface area contributed by atoms with Crippen molar-refractivity contribution in [1.82, 2.24) is 9.55 Å². The first-order valence-corrected chi connectivity index (χ1v) is 7.33. The first-order chi connectivity index (χ1) is 9.34. The number of aromatic nitrogens is 2. The van der Waals surface area contributed by atoms with Crippen LogP contribution < -0.4 is 10.9 Å². The number of hydrogen-bond donors (Lipinski definition) is 1. The molecule has 0 bridgehead atoms. The molecule has 19 heavy (non-hydrogen) atoms. The summed E-state index contributed by atoms with van der Waals surface area (Å²) in [6.07, 6.45) is 14.2. The molecule has 102 valence electrons. The van der Waals surface area contributed by atoms with Crippen LogP contribution in [0, 0.1) is 0 Å². The molecule has 1 fully saturated rings. The Morgan fingerprint density at radius 2 is 2.26 bits per heavy atom. The largest absolute Gasteiger partial charge is 0.365 e. The molecule has 1 aromatic rings.